The van der Waals surface area contributed by atoms with Gasteiger partial charge in [-0.15, -0.1) is 11.3 Å². The molecular formula is C23H18Cl2N4O3S. The van der Waals surface area contributed by atoms with Gasteiger partial charge in [-0.1, -0.05) is 35.3 Å². The van der Waals surface area contributed by atoms with Gasteiger partial charge in [-0.2, -0.15) is 0 Å². The number of carbonyl (C=O) groups excluding carboxylic acids is 3. The van der Waals surface area contributed by atoms with Crippen molar-refractivity contribution in [2.45, 2.75) is 20.8 Å². The number of amides is 3. The molecule has 7 nitrogen and oxygen atoms in total. The number of aromatic nitrogens is 1. The largest absolute Gasteiger partial charge is 0.350 e. The van der Waals surface area contributed by atoms with Gasteiger partial charge >= 0.3 is 0 Å². The fourth-order valence-electron chi connectivity index (χ4n) is 3.14. The van der Waals surface area contributed by atoms with Crippen molar-refractivity contribution >= 4 is 68.8 Å². The zero-order valence-electron chi connectivity index (χ0n) is 17.8. The number of hydrogen-bond acceptors (Lipinski definition) is 6. The van der Waals surface area contributed by atoms with E-state index in [0.717, 1.165) is 21.0 Å². The molecule has 1 aliphatic rings. The highest BCUT2D eigenvalue weighted by atomic mass is 35.5. The molecule has 0 atom stereocenters. The lowest BCUT2D eigenvalue weighted by atomic mass is 10.2. The third-order valence-corrected chi connectivity index (χ3v) is 6.83. The van der Waals surface area contributed by atoms with E-state index in [9.17, 15) is 14.4 Å². The Labute approximate surface area is 204 Å². The summed E-state index contributed by atoms with van der Waals surface area (Å²) in [5, 5.41) is 6.32. The molecule has 10 heteroatoms. The van der Waals surface area contributed by atoms with E-state index in [0.29, 0.717) is 27.1 Å². The second kappa shape index (κ2) is 8.97. The highest BCUT2D eigenvalue weighted by Gasteiger charge is 2.39. The van der Waals surface area contributed by atoms with Crippen LogP contribution in [0.5, 0.6) is 0 Å². The Bertz CT molecular complexity index is 1330. The average Bonchev–Trinajstić information content (AvgIpc) is 3.20. The van der Waals surface area contributed by atoms with Crippen molar-refractivity contribution in [1.29, 1.82) is 0 Å². The summed E-state index contributed by atoms with van der Waals surface area (Å²) in [6.45, 7) is 5.62. The second-order valence-electron chi connectivity index (χ2n) is 7.39. The standard InChI is InChI=1S/C23H18Cl2N4O3S/c1-11-7-8-16(10-17(11)24)29-21(31)18(25)19(22(29)32)27-15-6-4-5-14(9-15)20(30)28-23-26-12(2)13(3)33-23/h4-10,27H,1-3H3,(H,26,28,30). The van der Waals surface area contributed by atoms with E-state index in [2.05, 4.69) is 15.6 Å². The summed E-state index contributed by atoms with van der Waals surface area (Å²) in [5.41, 5.74) is 2.68. The van der Waals surface area contributed by atoms with Crippen LogP contribution in [0.3, 0.4) is 0 Å². The summed E-state index contributed by atoms with van der Waals surface area (Å²) >= 11 is 13.7. The molecule has 0 fully saturated rings. The van der Waals surface area contributed by atoms with Gasteiger partial charge in [0.15, 0.2) is 5.13 Å². The third kappa shape index (κ3) is 4.50. The van der Waals surface area contributed by atoms with E-state index < -0.39 is 11.8 Å². The zero-order valence-corrected chi connectivity index (χ0v) is 20.2. The molecule has 2 aromatic carbocycles. The number of halogens is 2. The van der Waals surface area contributed by atoms with Crippen LogP contribution in [0.4, 0.5) is 16.5 Å². The third-order valence-electron chi connectivity index (χ3n) is 5.08. The molecule has 0 radical (unpaired) electrons. The van der Waals surface area contributed by atoms with E-state index >= 15 is 0 Å². The van der Waals surface area contributed by atoms with Crippen molar-refractivity contribution in [1.82, 2.24) is 4.98 Å². The predicted octanol–water partition coefficient (Wildman–Crippen LogP) is 5.41. The van der Waals surface area contributed by atoms with Crippen molar-refractivity contribution in [3.8, 4) is 0 Å². The van der Waals surface area contributed by atoms with Crippen LogP contribution in [0.15, 0.2) is 53.2 Å². The van der Waals surface area contributed by atoms with E-state index in [1.165, 1.54) is 17.4 Å². The van der Waals surface area contributed by atoms with Crippen LogP contribution in [0.1, 0.15) is 26.5 Å². The summed E-state index contributed by atoms with van der Waals surface area (Å²) in [4.78, 5) is 44.6. The Kier molecular flexibility index (Phi) is 6.25. The monoisotopic (exact) mass is 500 g/mol. The highest BCUT2D eigenvalue weighted by molar-refractivity contribution is 7.15. The maximum Gasteiger partial charge on any atom is 0.283 e. The highest BCUT2D eigenvalue weighted by Crippen LogP contribution is 2.32. The number of imide groups is 1. The molecule has 2 N–H and O–H groups in total. The number of aryl methyl sites for hydroxylation is 3. The lowest BCUT2D eigenvalue weighted by Gasteiger charge is -2.16. The van der Waals surface area contributed by atoms with E-state index in [-0.39, 0.29) is 16.6 Å². The number of anilines is 3. The quantitative estimate of drug-likeness (QED) is 0.457. The molecule has 0 bridgehead atoms. The predicted molar refractivity (Wildman–Crippen MR) is 131 cm³/mol. The van der Waals surface area contributed by atoms with Crippen molar-refractivity contribution in [3.63, 3.8) is 0 Å². The van der Waals surface area contributed by atoms with Gasteiger partial charge < -0.3 is 5.32 Å². The van der Waals surface area contributed by atoms with Crippen LogP contribution in [0.25, 0.3) is 0 Å². The molecule has 0 saturated heterocycles. The number of nitrogens with one attached hydrogen (secondary N) is 2. The van der Waals surface area contributed by atoms with Crippen LogP contribution in [-0.2, 0) is 9.59 Å². The Hall–Kier alpha value is -3.20. The number of carbonyl (C=O) groups is 3. The number of benzene rings is 2. The van der Waals surface area contributed by atoms with Gasteiger partial charge in [0, 0.05) is 21.2 Å². The van der Waals surface area contributed by atoms with E-state index in [1.807, 2.05) is 20.8 Å². The van der Waals surface area contributed by atoms with Crippen LogP contribution in [-0.4, -0.2) is 22.7 Å². The van der Waals surface area contributed by atoms with Crippen molar-refractivity contribution in [2.24, 2.45) is 0 Å². The van der Waals surface area contributed by atoms with Crippen LogP contribution < -0.4 is 15.5 Å². The molecule has 2 heterocycles. The smallest absolute Gasteiger partial charge is 0.283 e. The summed E-state index contributed by atoms with van der Waals surface area (Å²) in [7, 11) is 0. The first-order valence-electron chi connectivity index (χ1n) is 9.83. The van der Waals surface area contributed by atoms with Crippen molar-refractivity contribution < 1.29 is 14.4 Å². The minimum Gasteiger partial charge on any atom is -0.350 e. The topological polar surface area (TPSA) is 91.4 Å². The molecule has 1 aliphatic heterocycles. The molecule has 0 spiro atoms. The maximum atomic E-state index is 13.0. The van der Waals surface area contributed by atoms with Gasteiger partial charge in [0.05, 0.1) is 11.4 Å². The van der Waals surface area contributed by atoms with Gasteiger partial charge in [-0.3, -0.25) is 19.7 Å². The lowest BCUT2D eigenvalue weighted by Crippen LogP contribution is -2.32. The second-order valence-corrected chi connectivity index (χ2v) is 9.38. The minimum absolute atomic E-state index is 0.0814. The van der Waals surface area contributed by atoms with E-state index in [1.54, 1.807) is 36.4 Å². The van der Waals surface area contributed by atoms with Crippen LogP contribution in [0, 0.1) is 20.8 Å². The number of thiazole rings is 1. The van der Waals surface area contributed by atoms with E-state index in [4.69, 9.17) is 23.2 Å². The molecule has 0 aliphatic carbocycles. The Balaban J connectivity index is 1.55. The fraction of sp³-hybridized carbons (Fsp3) is 0.130. The Morgan fingerprint density at radius 3 is 2.45 bits per heavy atom. The van der Waals surface area contributed by atoms with Gasteiger partial charge in [0.1, 0.15) is 10.7 Å². The molecular weight excluding hydrogens is 483 g/mol. The first-order chi connectivity index (χ1) is 15.7. The SMILES string of the molecule is Cc1ccc(N2C(=O)C(Cl)=C(Nc3cccc(C(=O)Nc4nc(C)c(C)s4)c3)C2=O)cc1Cl. The van der Waals surface area contributed by atoms with Gasteiger partial charge in [-0.25, -0.2) is 9.88 Å². The summed E-state index contributed by atoms with van der Waals surface area (Å²) in [6.07, 6.45) is 0. The molecule has 1 aromatic heterocycles. The molecule has 0 saturated carbocycles. The molecule has 33 heavy (non-hydrogen) atoms. The molecule has 168 valence electrons. The fourth-order valence-corrected chi connectivity index (χ4v) is 4.34. The number of nitrogens with zero attached hydrogens (tertiary/aromatic N) is 2. The lowest BCUT2D eigenvalue weighted by molar-refractivity contribution is -0.120. The van der Waals surface area contributed by atoms with Crippen molar-refractivity contribution in [2.75, 3.05) is 15.5 Å². The normalized spacial score (nSPS) is 13.7. The average molecular weight is 501 g/mol. The summed E-state index contributed by atoms with van der Waals surface area (Å²) in [6, 6.07) is 11.4. The maximum absolute atomic E-state index is 13.0. The van der Waals surface area contributed by atoms with Crippen LogP contribution >= 0.6 is 34.5 Å². The van der Waals surface area contributed by atoms with Gasteiger partial charge in [0.25, 0.3) is 17.7 Å². The first kappa shape index (κ1) is 23.0. The van der Waals surface area contributed by atoms with Gasteiger partial charge in [0.2, 0.25) is 0 Å². The van der Waals surface area contributed by atoms with Crippen molar-refractivity contribution in [3.05, 3.63) is 79.9 Å². The molecule has 0 unspecified atom stereocenters. The number of hydrogen-bond donors (Lipinski definition) is 2. The Morgan fingerprint density at radius 1 is 1.03 bits per heavy atom. The molecule has 4 rings (SSSR count). The minimum atomic E-state index is -0.660. The summed E-state index contributed by atoms with van der Waals surface area (Å²) < 4.78 is 0. The molecule has 3 aromatic rings. The summed E-state index contributed by atoms with van der Waals surface area (Å²) in [5.74, 6) is -1.63. The Morgan fingerprint density at radius 2 is 1.79 bits per heavy atom. The number of rotatable bonds is 5. The first-order valence-corrected chi connectivity index (χ1v) is 11.4. The van der Waals surface area contributed by atoms with Crippen LogP contribution in [0.2, 0.25) is 5.02 Å². The molecule has 3 amide bonds. The zero-order chi connectivity index (χ0) is 23.9. The van der Waals surface area contributed by atoms with Gasteiger partial charge in [-0.05, 0) is 56.7 Å².